The number of urea groups is 1. The molecule has 0 unspecified atom stereocenters. The molecule has 5 nitrogen and oxygen atoms in total. The van der Waals surface area contributed by atoms with Crippen LogP contribution in [0.3, 0.4) is 0 Å². The van der Waals surface area contributed by atoms with Crippen molar-refractivity contribution in [2.75, 3.05) is 25.6 Å². The average Bonchev–Trinajstić information content (AvgIpc) is 2.40. The number of anilines is 1. The second kappa shape index (κ2) is 5.54. The van der Waals surface area contributed by atoms with Gasteiger partial charge in [0.2, 0.25) is 0 Å². The molecule has 1 aliphatic rings. The first-order valence-corrected chi connectivity index (χ1v) is 5.65. The molecule has 1 aromatic rings. The van der Waals surface area contributed by atoms with E-state index in [1.165, 1.54) is 5.06 Å². The molecule has 1 fully saturated rings. The molecule has 2 rings (SSSR count). The minimum Gasteiger partial charge on any atom is -0.495 e. The van der Waals surface area contributed by atoms with Crippen LogP contribution in [0.1, 0.15) is 12.8 Å². The third kappa shape index (κ3) is 2.88. The van der Waals surface area contributed by atoms with Gasteiger partial charge in [-0.2, -0.15) is 0 Å². The summed E-state index contributed by atoms with van der Waals surface area (Å²) in [6.45, 7) is 1.22. The number of nitrogens with zero attached hydrogens (tertiary/aromatic N) is 1. The third-order valence-electron chi connectivity index (χ3n) is 2.58. The van der Waals surface area contributed by atoms with Crippen molar-refractivity contribution in [3.63, 3.8) is 0 Å². The summed E-state index contributed by atoms with van der Waals surface area (Å²) in [6.07, 6.45) is 1.97. The van der Waals surface area contributed by atoms with Crippen LogP contribution in [-0.4, -0.2) is 31.4 Å². The predicted octanol–water partition coefficient (Wildman–Crippen LogP) is 2.25. The summed E-state index contributed by atoms with van der Waals surface area (Å²) in [5.41, 5.74) is 0.647. The summed E-state index contributed by atoms with van der Waals surface area (Å²) >= 11 is 0. The summed E-state index contributed by atoms with van der Waals surface area (Å²) in [5.74, 6) is 0.637. The van der Waals surface area contributed by atoms with Gasteiger partial charge in [0.05, 0.1) is 25.9 Å². The number of nitrogens with one attached hydrogen (secondary N) is 1. The predicted molar refractivity (Wildman–Crippen MR) is 63.9 cm³/mol. The van der Waals surface area contributed by atoms with Crippen molar-refractivity contribution in [1.82, 2.24) is 5.06 Å². The topological polar surface area (TPSA) is 50.8 Å². The van der Waals surface area contributed by atoms with Crippen LogP contribution in [0.15, 0.2) is 24.3 Å². The van der Waals surface area contributed by atoms with Crippen LogP contribution >= 0.6 is 0 Å². The molecule has 0 aromatic heterocycles. The Balaban J connectivity index is 2.01. The Morgan fingerprint density at radius 1 is 1.41 bits per heavy atom. The van der Waals surface area contributed by atoms with Crippen LogP contribution < -0.4 is 10.1 Å². The highest BCUT2D eigenvalue weighted by atomic mass is 16.7. The Hall–Kier alpha value is -1.75. The zero-order chi connectivity index (χ0) is 12.1. The summed E-state index contributed by atoms with van der Waals surface area (Å²) in [6, 6.07) is 7.03. The van der Waals surface area contributed by atoms with E-state index in [0.29, 0.717) is 24.6 Å². The van der Waals surface area contributed by atoms with Gasteiger partial charge in [-0.05, 0) is 25.0 Å². The normalized spacial score (nSPS) is 15.5. The number of para-hydroxylation sites is 2. The van der Waals surface area contributed by atoms with Crippen molar-refractivity contribution in [1.29, 1.82) is 0 Å². The number of hydrogen-bond acceptors (Lipinski definition) is 3. The van der Waals surface area contributed by atoms with E-state index in [0.717, 1.165) is 12.8 Å². The van der Waals surface area contributed by atoms with Crippen LogP contribution in [0.5, 0.6) is 5.75 Å². The maximum absolute atomic E-state index is 11.9. The fraction of sp³-hybridized carbons (Fsp3) is 0.417. The van der Waals surface area contributed by atoms with Gasteiger partial charge in [-0.25, -0.2) is 9.86 Å². The molecule has 0 saturated carbocycles. The van der Waals surface area contributed by atoms with Gasteiger partial charge in [-0.1, -0.05) is 12.1 Å². The number of benzene rings is 1. The molecule has 1 heterocycles. The first-order chi connectivity index (χ1) is 8.31. The van der Waals surface area contributed by atoms with E-state index >= 15 is 0 Å². The molecule has 0 bridgehead atoms. The van der Waals surface area contributed by atoms with Crippen molar-refractivity contribution in [2.45, 2.75) is 12.8 Å². The van der Waals surface area contributed by atoms with E-state index in [-0.39, 0.29) is 6.03 Å². The van der Waals surface area contributed by atoms with Crippen LogP contribution in [0, 0.1) is 0 Å². The summed E-state index contributed by atoms with van der Waals surface area (Å²) in [5, 5.41) is 4.13. The van der Waals surface area contributed by atoms with E-state index in [1.807, 2.05) is 12.1 Å². The minimum absolute atomic E-state index is 0.255. The van der Waals surface area contributed by atoms with Gasteiger partial charge in [0, 0.05) is 0 Å². The van der Waals surface area contributed by atoms with Gasteiger partial charge >= 0.3 is 6.03 Å². The summed E-state index contributed by atoms with van der Waals surface area (Å²) < 4.78 is 5.16. The first-order valence-electron chi connectivity index (χ1n) is 5.65. The van der Waals surface area contributed by atoms with Gasteiger partial charge in [0.25, 0.3) is 0 Å². The van der Waals surface area contributed by atoms with Crippen LogP contribution in [-0.2, 0) is 4.84 Å². The summed E-state index contributed by atoms with van der Waals surface area (Å²) in [7, 11) is 1.57. The Labute approximate surface area is 100 Å². The smallest absolute Gasteiger partial charge is 0.345 e. The second-order valence-corrected chi connectivity index (χ2v) is 3.77. The Morgan fingerprint density at radius 3 is 2.94 bits per heavy atom. The molecule has 0 aliphatic carbocycles. The van der Waals surface area contributed by atoms with E-state index in [2.05, 4.69) is 5.32 Å². The average molecular weight is 236 g/mol. The highest BCUT2D eigenvalue weighted by molar-refractivity contribution is 5.90. The molecule has 0 spiro atoms. The lowest BCUT2D eigenvalue weighted by Crippen LogP contribution is -2.38. The summed E-state index contributed by atoms with van der Waals surface area (Å²) in [4.78, 5) is 17.1. The molecule has 17 heavy (non-hydrogen) atoms. The Bertz CT molecular complexity index is 389. The minimum atomic E-state index is -0.255. The van der Waals surface area contributed by atoms with Gasteiger partial charge in [0.1, 0.15) is 5.75 Å². The number of rotatable bonds is 2. The van der Waals surface area contributed by atoms with E-state index < -0.39 is 0 Å². The van der Waals surface area contributed by atoms with Crippen molar-refractivity contribution in [2.24, 2.45) is 0 Å². The van der Waals surface area contributed by atoms with Crippen LogP contribution in [0.25, 0.3) is 0 Å². The van der Waals surface area contributed by atoms with E-state index in [9.17, 15) is 4.79 Å². The molecule has 2 amide bonds. The molecule has 92 valence electrons. The monoisotopic (exact) mass is 236 g/mol. The quantitative estimate of drug-likeness (QED) is 0.856. The number of amides is 2. The largest absolute Gasteiger partial charge is 0.495 e. The molecule has 0 atom stereocenters. The maximum Gasteiger partial charge on any atom is 0.345 e. The van der Waals surface area contributed by atoms with Crippen LogP contribution in [0.2, 0.25) is 0 Å². The second-order valence-electron chi connectivity index (χ2n) is 3.77. The molecule has 0 radical (unpaired) electrons. The number of hydroxylamine groups is 2. The molecule has 1 N–H and O–H groups in total. The fourth-order valence-corrected chi connectivity index (χ4v) is 1.68. The van der Waals surface area contributed by atoms with Gasteiger partial charge in [-0.3, -0.25) is 4.84 Å². The lowest BCUT2D eigenvalue weighted by molar-refractivity contribution is -0.135. The Morgan fingerprint density at radius 2 is 2.24 bits per heavy atom. The zero-order valence-electron chi connectivity index (χ0n) is 9.81. The number of methoxy groups -OCH3 is 1. The van der Waals surface area contributed by atoms with Crippen molar-refractivity contribution < 1.29 is 14.4 Å². The lowest BCUT2D eigenvalue weighted by Gasteiger charge is -2.26. The van der Waals surface area contributed by atoms with Crippen molar-refractivity contribution in [3.05, 3.63) is 24.3 Å². The van der Waals surface area contributed by atoms with Gasteiger partial charge in [0.15, 0.2) is 0 Å². The number of ether oxygens (including phenoxy) is 1. The first kappa shape index (κ1) is 11.7. The molecule has 5 heteroatoms. The van der Waals surface area contributed by atoms with Crippen molar-refractivity contribution in [3.8, 4) is 5.75 Å². The molecule has 1 aromatic carbocycles. The number of carbonyl (C=O) groups excluding carboxylic acids is 1. The standard InChI is InChI=1S/C12H16N2O3/c1-16-11-7-3-2-6-10(11)13-12(15)14-8-4-5-9-17-14/h2-3,6-7H,4-5,8-9H2,1H3,(H,13,15). The highest BCUT2D eigenvalue weighted by Crippen LogP contribution is 2.23. The van der Waals surface area contributed by atoms with Crippen LogP contribution in [0.4, 0.5) is 10.5 Å². The number of carbonyl (C=O) groups is 1. The highest BCUT2D eigenvalue weighted by Gasteiger charge is 2.18. The lowest BCUT2D eigenvalue weighted by atomic mass is 10.3. The third-order valence-corrected chi connectivity index (χ3v) is 2.58. The van der Waals surface area contributed by atoms with Gasteiger partial charge < -0.3 is 10.1 Å². The van der Waals surface area contributed by atoms with E-state index in [1.54, 1.807) is 19.2 Å². The molecule has 1 aliphatic heterocycles. The van der Waals surface area contributed by atoms with Gasteiger partial charge in [-0.15, -0.1) is 0 Å². The molecular weight excluding hydrogens is 220 g/mol. The zero-order valence-corrected chi connectivity index (χ0v) is 9.81. The Kier molecular flexibility index (Phi) is 3.82. The number of hydrogen-bond donors (Lipinski definition) is 1. The fourth-order valence-electron chi connectivity index (χ4n) is 1.68. The van der Waals surface area contributed by atoms with Crippen molar-refractivity contribution >= 4 is 11.7 Å². The van der Waals surface area contributed by atoms with E-state index in [4.69, 9.17) is 9.57 Å². The SMILES string of the molecule is COc1ccccc1NC(=O)N1CCCCO1. The maximum atomic E-state index is 11.9. The molecule has 1 saturated heterocycles. The molecular formula is C12H16N2O3.